The van der Waals surface area contributed by atoms with Gasteiger partial charge in [-0.05, 0) is 102 Å². The van der Waals surface area contributed by atoms with E-state index < -0.39 is 0 Å². The van der Waals surface area contributed by atoms with Crippen LogP contribution in [0.15, 0.2) is 97.1 Å². The quantitative estimate of drug-likeness (QED) is 0.0832. The third-order valence-electron chi connectivity index (χ3n) is 5.59. The molecule has 0 amide bonds. The van der Waals surface area contributed by atoms with E-state index in [2.05, 4.69) is 45.9 Å². The lowest BCUT2D eigenvalue weighted by atomic mass is 10.3. The molecule has 11 N–H and O–H groups in total. The molecule has 0 atom stereocenters. The highest BCUT2D eigenvalue weighted by atomic mass is 35.5. The Bertz CT molecular complexity index is 1820. The Morgan fingerprint density at radius 1 is 0.510 bits per heavy atom. The molecule has 0 saturated heterocycles. The van der Waals surface area contributed by atoms with Gasteiger partial charge in [0.2, 0.25) is 27.7 Å². The molecule has 14 nitrogen and oxygen atoms in total. The first-order chi connectivity index (χ1) is 23.4. The zero-order chi connectivity index (χ0) is 35.8. The van der Waals surface area contributed by atoms with E-state index in [1.54, 1.807) is 61.5 Å². The van der Waals surface area contributed by atoms with Gasteiger partial charge in [-0.15, -0.1) is 0 Å². The summed E-state index contributed by atoms with van der Waals surface area (Å²) >= 11 is 16.0. The Hall–Kier alpha value is -5.83. The molecular formula is C32H33Cl3N12O2. The van der Waals surface area contributed by atoms with Gasteiger partial charge in [0, 0.05) is 53.3 Å². The average molecular weight is 724 g/mol. The van der Waals surface area contributed by atoms with Crippen molar-refractivity contribution in [3.8, 4) is 11.5 Å². The van der Waals surface area contributed by atoms with Crippen LogP contribution in [0.3, 0.4) is 0 Å². The van der Waals surface area contributed by atoms with Gasteiger partial charge in [0.15, 0.2) is 0 Å². The van der Waals surface area contributed by atoms with E-state index >= 15 is 0 Å². The smallest absolute Gasteiger partial charge is 0.232 e. The number of aromatic nitrogens is 6. The molecule has 0 aliphatic rings. The molecule has 0 unspecified atom stereocenters. The van der Waals surface area contributed by atoms with E-state index in [1.165, 1.54) is 6.07 Å². The van der Waals surface area contributed by atoms with E-state index in [1.807, 2.05) is 43.4 Å². The number of phenols is 2. The molecule has 4 aromatic carbocycles. The summed E-state index contributed by atoms with van der Waals surface area (Å²) in [6.45, 7) is 1.80. The number of nitrogen functional groups attached to an aromatic ring is 3. The molecule has 0 saturated carbocycles. The first kappa shape index (κ1) is 37.6. The average Bonchev–Trinajstić information content (AvgIpc) is 3.01. The van der Waals surface area contributed by atoms with Crippen LogP contribution < -0.4 is 33.2 Å². The predicted molar refractivity (Wildman–Crippen MR) is 198 cm³/mol. The van der Waals surface area contributed by atoms with Gasteiger partial charge in [-0.2, -0.15) is 29.9 Å². The highest BCUT2D eigenvalue weighted by Gasteiger charge is 2.06. The zero-order valence-electron chi connectivity index (χ0n) is 26.2. The molecule has 49 heavy (non-hydrogen) atoms. The number of nitrogens with two attached hydrogens (primary N) is 3. The number of hydrogen-bond acceptors (Lipinski definition) is 14. The SMILES string of the molecule is CNc1cccc(Nc2nc(C)nc(Nc3cccc(O)c3)n2)c1.Clc1nc(Cl)nc(Cl)n1.Nc1cccc(N)c1.Nc1cccc(O)c1. The predicted octanol–water partition coefficient (Wildman–Crippen LogP) is 7.07. The first-order valence-electron chi connectivity index (χ1n) is 14.1. The lowest BCUT2D eigenvalue weighted by Gasteiger charge is -2.10. The molecule has 17 heteroatoms. The van der Waals surface area contributed by atoms with Gasteiger partial charge in [-0.1, -0.05) is 24.3 Å². The molecule has 0 bridgehead atoms. The summed E-state index contributed by atoms with van der Waals surface area (Å²) in [6, 6.07) is 28.2. The molecule has 0 aliphatic carbocycles. The summed E-state index contributed by atoms with van der Waals surface area (Å²) in [7, 11) is 1.86. The minimum absolute atomic E-state index is 0.000000000000000444. The second-order valence-corrected chi connectivity index (χ2v) is 10.6. The Labute approximate surface area is 297 Å². The second kappa shape index (κ2) is 19.1. The fourth-order valence-corrected chi connectivity index (χ4v) is 4.19. The minimum Gasteiger partial charge on any atom is -0.508 e. The molecule has 0 radical (unpaired) electrons. The van der Waals surface area contributed by atoms with Crippen molar-refractivity contribution >= 4 is 80.8 Å². The van der Waals surface area contributed by atoms with Gasteiger partial charge < -0.3 is 43.4 Å². The van der Waals surface area contributed by atoms with Crippen molar-refractivity contribution < 1.29 is 10.2 Å². The monoisotopic (exact) mass is 722 g/mol. The van der Waals surface area contributed by atoms with Crippen LogP contribution in [-0.4, -0.2) is 47.2 Å². The van der Waals surface area contributed by atoms with Gasteiger partial charge in [-0.3, -0.25) is 0 Å². The van der Waals surface area contributed by atoms with Crippen LogP contribution in [0.4, 0.5) is 46.0 Å². The van der Waals surface area contributed by atoms with Crippen molar-refractivity contribution in [2.45, 2.75) is 6.92 Å². The van der Waals surface area contributed by atoms with Crippen molar-refractivity contribution in [2.75, 3.05) is 40.2 Å². The maximum atomic E-state index is 9.53. The van der Waals surface area contributed by atoms with Crippen LogP contribution in [0.2, 0.25) is 15.9 Å². The Morgan fingerprint density at radius 2 is 0.918 bits per heavy atom. The Morgan fingerprint density at radius 3 is 1.33 bits per heavy atom. The first-order valence-corrected chi connectivity index (χ1v) is 15.2. The van der Waals surface area contributed by atoms with E-state index in [0.29, 0.717) is 40.5 Å². The summed E-state index contributed by atoms with van der Waals surface area (Å²) in [5, 5.41) is 27.6. The molecule has 0 aliphatic heterocycles. The number of nitrogens with one attached hydrogen (secondary N) is 3. The highest BCUT2D eigenvalue weighted by molar-refractivity contribution is 6.33. The summed E-state index contributed by atoms with van der Waals surface area (Å²) in [6.07, 6.45) is 0. The standard InChI is InChI=1S/C17H18N6O.C6H8N2.C6H7NO.C3Cl3N3/c1-11-19-16(21-13-6-3-5-12(9-13)18-2)23-17(20-11)22-14-7-4-8-15(24)10-14;2*7-5-2-1-3-6(8)4-5;4-1-7-2(5)9-3(6)8-1/h3-10,18,24H,1-2H3,(H2,19,20,21,22,23);1-4H,7-8H2;1-4,8H,7H2;. The third-order valence-corrected chi connectivity index (χ3v) is 6.10. The van der Waals surface area contributed by atoms with E-state index in [9.17, 15) is 5.11 Å². The van der Waals surface area contributed by atoms with Crippen LogP contribution in [0.5, 0.6) is 11.5 Å². The summed E-state index contributed by atoms with van der Waals surface area (Å²) in [5.41, 5.74) is 20.6. The third kappa shape index (κ3) is 14.6. The minimum atomic E-state index is 0.000000000000000444. The molecule has 2 heterocycles. The fraction of sp³-hybridized carbons (Fsp3) is 0.0625. The maximum absolute atomic E-state index is 9.53. The van der Waals surface area contributed by atoms with Crippen molar-refractivity contribution in [2.24, 2.45) is 0 Å². The summed E-state index contributed by atoms with van der Waals surface area (Å²) in [4.78, 5) is 23.3. The van der Waals surface area contributed by atoms with Gasteiger partial charge in [0.1, 0.15) is 17.3 Å². The van der Waals surface area contributed by atoms with Crippen LogP contribution in [0.25, 0.3) is 0 Å². The highest BCUT2D eigenvalue weighted by Crippen LogP contribution is 2.21. The number of anilines is 8. The van der Waals surface area contributed by atoms with Crippen molar-refractivity contribution in [3.05, 3.63) is 119 Å². The Balaban J connectivity index is 0.000000211. The van der Waals surface area contributed by atoms with E-state index in [0.717, 1.165) is 11.4 Å². The summed E-state index contributed by atoms with van der Waals surface area (Å²) in [5.74, 6) is 1.82. The van der Waals surface area contributed by atoms with Crippen LogP contribution in [-0.2, 0) is 0 Å². The van der Waals surface area contributed by atoms with Crippen LogP contribution >= 0.6 is 34.8 Å². The van der Waals surface area contributed by atoms with E-state index in [4.69, 9.17) is 57.1 Å². The number of aromatic hydroxyl groups is 2. The van der Waals surface area contributed by atoms with Crippen LogP contribution in [0.1, 0.15) is 5.82 Å². The van der Waals surface area contributed by atoms with Crippen LogP contribution in [0, 0.1) is 6.92 Å². The lowest BCUT2D eigenvalue weighted by molar-refractivity contribution is 0.475. The number of benzene rings is 4. The summed E-state index contributed by atoms with van der Waals surface area (Å²) < 4.78 is 0. The maximum Gasteiger partial charge on any atom is 0.232 e. The van der Waals surface area contributed by atoms with Gasteiger partial charge >= 0.3 is 0 Å². The number of nitrogens with zero attached hydrogens (tertiary/aromatic N) is 6. The number of aryl methyl sites for hydroxylation is 1. The number of rotatable bonds is 5. The van der Waals surface area contributed by atoms with Gasteiger partial charge in [-0.25, -0.2) is 0 Å². The molecule has 6 aromatic rings. The number of hydrogen-bond donors (Lipinski definition) is 8. The molecule has 0 fully saturated rings. The molecule has 6 rings (SSSR count). The Kier molecular flexibility index (Phi) is 14.7. The second-order valence-electron chi connectivity index (χ2n) is 9.57. The normalized spacial score (nSPS) is 9.73. The zero-order valence-corrected chi connectivity index (χ0v) is 28.4. The lowest BCUT2D eigenvalue weighted by Crippen LogP contribution is -2.05. The molecule has 0 spiro atoms. The molecule has 2 aromatic heterocycles. The largest absolute Gasteiger partial charge is 0.508 e. The molecule has 254 valence electrons. The topological polar surface area (TPSA) is 232 Å². The van der Waals surface area contributed by atoms with Crippen molar-refractivity contribution in [1.29, 1.82) is 0 Å². The number of phenolic OH excluding ortho intramolecular Hbond substituents is 2. The van der Waals surface area contributed by atoms with Crippen molar-refractivity contribution in [3.63, 3.8) is 0 Å². The van der Waals surface area contributed by atoms with E-state index in [-0.39, 0.29) is 27.3 Å². The number of halogens is 3. The van der Waals surface area contributed by atoms with Gasteiger partial charge in [0.25, 0.3) is 0 Å². The molecular weight excluding hydrogens is 691 g/mol. The van der Waals surface area contributed by atoms with Gasteiger partial charge in [0.05, 0.1) is 0 Å². The fourth-order valence-electron chi connectivity index (χ4n) is 3.58. The van der Waals surface area contributed by atoms with Crippen molar-refractivity contribution in [1.82, 2.24) is 29.9 Å².